The molecule has 2 saturated carbocycles. The van der Waals surface area contributed by atoms with E-state index >= 15 is 0 Å². The van der Waals surface area contributed by atoms with Crippen LogP contribution in [0.4, 0.5) is 5.82 Å². The van der Waals surface area contributed by atoms with Gasteiger partial charge in [0.05, 0.1) is 6.20 Å². The second kappa shape index (κ2) is 13.3. The van der Waals surface area contributed by atoms with Gasteiger partial charge < -0.3 is 14.4 Å². The first kappa shape index (κ1) is 32.0. The highest BCUT2D eigenvalue weighted by Gasteiger charge is 2.36. The molecule has 43 heavy (non-hydrogen) atoms. The number of rotatable bonds is 14. The van der Waals surface area contributed by atoms with E-state index in [0.717, 1.165) is 65.4 Å². The fourth-order valence-corrected chi connectivity index (χ4v) is 7.90. The molecule has 10 heteroatoms. The Morgan fingerprint density at radius 3 is 2.09 bits per heavy atom. The number of carbonyl (C=O) groups is 1. The minimum atomic E-state index is -1.21. The van der Waals surface area contributed by atoms with Gasteiger partial charge in [-0.3, -0.25) is 9.78 Å². The molecule has 0 amide bonds. The normalized spacial score (nSPS) is 20.6. The molecular weight excluding hydrogens is 571 g/mol. The maximum atomic E-state index is 11.9. The quantitative estimate of drug-likeness (QED) is 0.0789. The predicted molar refractivity (Wildman–Crippen MR) is 179 cm³/mol. The maximum Gasteiger partial charge on any atom is 0.178 e. The van der Waals surface area contributed by atoms with Crippen molar-refractivity contribution < 1.29 is 14.3 Å². The molecule has 5 rings (SSSR count). The van der Waals surface area contributed by atoms with Crippen LogP contribution in [0.3, 0.4) is 0 Å². The van der Waals surface area contributed by atoms with Crippen LogP contribution in [0.2, 0.25) is 51.4 Å². The van der Waals surface area contributed by atoms with Crippen molar-refractivity contribution in [2.45, 2.75) is 96.3 Å². The summed E-state index contributed by atoms with van der Waals surface area (Å²) < 4.78 is 14.6. The second-order valence-electron chi connectivity index (χ2n) is 15.3. The summed E-state index contributed by atoms with van der Waals surface area (Å²) in [6, 6.07) is 8.23. The van der Waals surface area contributed by atoms with E-state index in [0.29, 0.717) is 25.1 Å². The molecule has 8 nitrogen and oxygen atoms in total. The smallest absolute Gasteiger partial charge is 0.178 e. The van der Waals surface area contributed by atoms with Crippen LogP contribution in [-0.4, -0.2) is 68.2 Å². The molecule has 2 bridgehead atoms. The van der Waals surface area contributed by atoms with E-state index in [9.17, 15) is 4.79 Å². The molecule has 0 spiro atoms. The zero-order valence-electron chi connectivity index (χ0n) is 27.4. The van der Waals surface area contributed by atoms with E-state index in [1.807, 2.05) is 16.8 Å². The number of anilines is 1. The van der Waals surface area contributed by atoms with Crippen molar-refractivity contribution in [2.24, 2.45) is 11.8 Å². The molecule has 0 radical (unpaired) electrons. The summed E-state index contributed by atoms with van der Waals surface area (Å²) in [5.41, 5.74) is 4.25. The molecule has 0 N–H and O–H groups in total. The fraction of sp³-hybridized carbons (Fsp3) is 0.636. The summed E-state index contributed by atoms with van der Waals surface area (Å²) >= 11 is 0. The molecule has 0 unspecified atom stereocenters. The molecule has 2 aliphatic rings. The van der Waals surface area contributed by atoms with Gasteiger partial charge in [0.1, 0.15) is 25.0 Å². The van der Waals surface area contributed by atoms with Gasteiger partial charge in [0, 0.05) is 71.3 Å². The van der Waals surface area contributed by atoms with E-state index < -0.39 is 16.1 Å². The Labute approximate surface area is 259 Å². The van der Waals surface area contributed by atoms with Crippen LogP contribution >= 0.6 is 0 Å². The van der Waals surface area contributed by atoms with Crippen molar-refractivity contribution >= 4 is 33.4 Å². The van der Waals surface area contributed by atoms with Gasteiger partial charge in [0.25, 0.3) is 0 Å². The number of ketones is 1. The van der Waals surface area contributed by atoms with Crippen molar-refractivity contribution in [1.29, 1.82) is 0 Å². The molecule has 3 aromatic heterocycles. The van der Waals surface area contributed by atoms with Crippen LogP contribution in [-0.2, 0) is 9.47 Å². The van der Waals surface area contributed by atoms with E-state index in [1.54, 1.807) is 19.2 Å². The van der Waals surface area contributed by atoms with Crippen molar-refractivity contribution in [2.75, 3.05) is 31.6 Å². The largest absolute Gasteiger partial charge is 0.361 e. The number of hydrogen-bond donors (Lipinski definition) is 0. The van der Waals surface area contributed by atoms with Gasteiger partial charge in [0.2, 0.25) is 0 Å². The number of Topliss-reactive ketones (excluding diaryl/α,β-unsaturated/α-hetero) is 1. The highest BCUT2D eigenvalue weighted by atomic mass is 28.3. The van der Waals surface area contributed by atoms with Crippen LogP contribution in [0.5, 0.6) is 0 Å². The lowest BCUT2D eigenvalue weighted by Gasteiger charge is -2.30. The first-order chi connectivity index (χ1) is 20.4. The minimum absolute atomic E-state index is 0.0417. The number of hydrogen-bond acceptors (Lipinski definition) is 7. The summed E-state index contributed by atoms with van der Waals surface area (Å²) in [6.45, 7) is 18.2. The molecule has 3 atom stereocenters. The van der Waals surface area contributed by atoms with E-state index in [1.165, 1.54) is 32.1 Å². The van der Waals surface area contributed by atoms with Gasteiger partial charge in [-0.2, -0.15) is 9.61 Å². The fourth-order valence-electron chi connectivity index (χ4n) is 6.39. The SMILES string of the molecule is CC(=O)c1ccc(-c2cnn3c(N(COCC[Si](C)(C)C)COCC[Si](C)(C)C)cc([C@H]4C[C@@H]5CC[C@@H](C5)C4)nc23)cn1. The number of nitrogens with zero attached hydrogens (tertiary/aromatic N) is 5. The molecule has 234 valence electrons. The molecule has 2 aliphatic carbocycles. The Kier molecular flexibility index (Phi) is 9.90. The third-order valence-corrected chi connectivity index (χ3v) is 12.4. The van der Waals surface area contributed by atoms with E-state index in [2.05, 4.69) is 55.2 Å². The lowest BCUT2D eigenvalue weighted by atomic mass is 9.79. The summed E-state index contributed by atoms with van der Waals surface area (Å²) in [7, 11) is -2.43. The van der Waals surface area contributed by atoms with Crippen LogP contribution in [0.1, 0.15) is 61.1 Å². The number of fused-ring (bicyclic) bond motifs is 3. The molecule has 0 aliphatic heterocycles. The first-order valence-electron chi connectivity index (χ1n) is 16.1. The van der Waals surface area contributed by atoms with Crippen LogP contribution in [0.25, 0.3) is 16.8 Å². The van der Waals surface area contributed by atoms with E-state index in [-0.39, 0.29) is 5.78 Å². The molecule has 3 aromatic rings. The number of aromatic nitrogens is 4. The van der Waals surface area contributed by atoms with Crippen molar-refractivity contribution in [3.05, 3.63) is 42.0 Å². The number of pyridine rings is 1. The molecule has 2 fully saturated rings. The number of ether oxygens (including phenoxy) is 2. The monoisotopic (exact) mass is 621 g/mol. The highest BCUT2D eigenvalue weighted by Crippen LogP contribution is 2.48. The Bertz CT molecular complexity index is 1360. The van der Waals surface area contributed by atoms with Crippen LogP contribution < -0.4 is 4.90 Å². The average Bonchev–Trinajstić information content (AvgIpc) is 3.52. The van der Waals surface area contributed by atoms with Gasteiger partial charge in [0.15, 0.2) is 11.4 Å². The van der Waals surface area contributed by atoms with Gasteiger partial charge in [-0.15, -0.1) is 0 Å². The summed E-state index contributed by atoms with van der Waals surface area (Å²) in [5, 5.41) is 4.86. The van der Waals surface area contributed by atoms with Gasteiger partial charge in [-0.1, -0.05) is 58.2 Å². The van der Waals surface area contributed by atoms with Gasteiger partial charge in [-0.05, 0) is 49.3 Å². The maximum absolute atomic E-state index is 11.9. The molecule has 0 aromatic carbocycles. The summed E-state index contributed by atoms with van der Waals surface area (Å²) in [6.07, 6.45) is 10.1. The Morgan fingerprint density at radius 2 is 1.56 bits per heavy atom. The third kappa shape index (κ3) is 8.41. The topological polar surface area (TPSA) is 81.9 Å². The Morgan fingerprint density at radius 1 is 0.930 bits per heavy atom. The van der Waals surface area contributed by atoms with Crippen molar-refractivity contribution in [3.8, 4) is 11.1 Å². The third-order valence-electron chi connectivity index (χ3n) is 9.02. The zero-order chi connectivity index (χ0) is 30.8. The van der Waals surface area contributed by atoms with Crippen LogP contribution in [0.15, 0.2) is 30.6 Å². The van der Waals surface area contributed by atoms with Crippen molar-refractivity contribution in [1.82, 2.24) is 19.6 Å². The lowest BCUT2D eigenvalue weighted by molar-refractivity contribution is 0.0942. The van der Waals surface area contributed by atoms with Crippen molar-refractivity contribution in [3.63, 3.8) is 0 Å². The molecule has 3 heterocycles. The molecule has 0 saturated heterocycles. The predicted octanol–water partition coefficient (Wildman–Crippen LogP) is 7.72. The standard InChI is InChI=1S/C33H51N5O3Si2/c1-24(39)30-11-10-27(20-34-30)29-21-35-38-32(19-31(36-33(29)38)28-17-25-8-9-26(16-25)18-28)37(22-40-12-14-42(2,3)4)23-41-13-15-43(5,6)7/h10-11,19-21,25-26,28H,8-9,12-18,22-23H2,1-7H3/t25-,26+,28+. The summed E-state index contributed by atoms with van der Waals surface area (Å²) in [4.78, 5) is 23.8. The van der Waals surface area contributed by atoms with Gasteiger partial charge >= 0.3 is 0 Å². The van der Waals surface area contributed by atoms with E-state index in [4.69, 9.17) is 19.6 Å². The lowest BCUT2D eigenvalue weighted by Crippen LogP contribution is -2.33. The number of carbonyl (C=O) groups excluding carboxylic acids is 1. The molecular formula is C33H51N5O3Si2. The second-order valence-corrected chi connectivity index (χ2v) is 26.5. The first-order valence-corrected chi connectivity index (χ1v) is 23.5. The summed E-state index contributed by atoms with van der Waals surface area (Å²) in [5.74, 6) is 2.98. The average molecular weight is 622 g/mol. The highest BCUT2D eigenvalue weighted by molar-refractivity contribution is 6.76. The minimum Gasteiger partial charge on any atom is -0.361 e. The van der Waals surface area contributed by atoms with Crippen LogP contribution in [0, 0.1) is 11.8 Å². The zero-order valence-corrected chi connectivity index (χ0v) is 29.4. The Balaban J connectivity index is 1.51. The Hall–Kier alpha value is -2.41. The van der Waals surface area contributed by atoms with Gasteiger partial charge in [-0.25, -0.2) is 4.98 Å².